The Morgan fingerprint density at radius 1 is 1.03 bits per heavy atom. The first kappa shape index (κ1) is 25.3. The van der Waals surface area contributed by atoms with E-state index in [4.69, 9.17) is 10.1 Å². The van der Waals surface area contributed by atoms with Gasteiger partial charge in [-0.15, -0.1) is 0 Å². The van der Waals surface area contributed by atoms with Crippen LogP contribution in [0.25, 0.3) is 12.2 Å². The zero-order valence-electron chi connectivity index (χ0n) is 20.8. The van der Waals surface area contributed by atoms with Gasteiger partial charge in [0.2, 0.25) is 0 Å². The SMILES string of the molecule is N=C(c1ccncc1/C=C/c1ccnc(NC2CCOCC2)c1)N1CCN(S(=O)c2ccccc2)CC1. The Morgan fingerprint density at radius 2 is 1.81 bits per heavy atom. The third kappa shape index (κ3) is 6.49. The molecule has 192 valence electrons. The van der Waals surface area contributed by atoms with Gasteiger partial charge in [0, 0.05) is 75.2 Å². The molecule has 2 fully saturated rings. The van der Waals surface area contributed by atoms with Gasteiger partial charge in [-0.05, 0) is 48.7 Å². The van der Waals surface area contributed by atoms with Crippen LogP contribution in [0.15, 0.2) is 72.0 Å². The molecule has 0 bridgehead atoms. The lowest BCUT2D eigenvalue weighted by Gasteiger charge is -2.35. The molecule has 1 aromatic carbocycles. The lowest BCUT2D eigenvalue weighted by atomic mass is 10.1. The van der Waals surface area contributed by atoms with E-state index in [2.05, 4.69) is 15.3 Å². The zero-order valence-corrected chi connectivity index (χ0v) is 21.6. The van der Waals surface area contributed by atoms with E-state index in [0.29, 0.717) is 38.1 Å². The number of amidine groups is 1. The van der Waals surface area contributed by atoms with Gasteiger partial charge in [-0.3, -0.25) is 10.4 Å². The minimum atomic E-state index is -1.18. The topological polar surface area (TPSA) is 94.4 Å². The van der Waals surface area contributed by atoms with Gasteiger partial charge in [-0.1, -0.05) is 30.4 Å². The van der Waals surface area contributed by atoms with Crippen molar-refractivity contribution < 1.29 is 8.95 Å². The Morgan fingerprint density at radius 3 is 2.59 bits per heavy atom. The highest BCUT2D eigenvalue weighted by Crippen LogP contribution is 2.19. The van der Waals surface area contributed by atoms with Crippen LogP contribution in [0.5, 0.6) is 0 Å². The lowest BCUT2D eigenvalue weighted by molar-refractivity contribution is 0.0904. The molecule has 0 radical (unpaired) electrons. The molecular formula is C28H32N6O2S. The summed E-state index contributed by atoms with van der Waals surface area (Å²) < 4.78 is 20.3. The molecule has 1 unspecified atom stereocenters. The molecule has 3 aromatic rings. The average Bonchev–Trinajstić information content (AvgIpc) is 2.97. The molecule has 2 N–H and O–H groups in total. The lowest BCUT2D eigenvalue weighted by Crippen LogP contribution is -2.49. The van der Waals surface area contributed by atoms with Crippen molar-refractivity contribution in [2.45, 2.75) is 23.8 Å². The van der Waals surface area contributed by atoms with Crippen molar-refractivity contribution >= 4 is 34.8 Å². The van der Waals surface area contributed by atoms with E-state index < -0.39 is 11.0 Å². The largest absolute Gasteiger partial charge is 0.381 e. The first-order valence-electron chi connectivity index (χ1n) is 12.7. The number of nitrogens with zero attached hydrogens (tertiary/aromatic N) is 4. The van der Waals surface area contributed by atoms with Crippen molar-refractivity contribution in [1.29, 1.82) is 5.41 Å². The van der Waals surface area contributed by atoms with Crippen LogP contribution in [0.3, 0.4) is 0 Å². The van der Waals surface area contributed by atoms with Gasteiger partial charge < -0.3 is 15.0 Å². The van der Waals surface area contributed by atoms with Crippen molar-refractivity contribution in [2.24, 2.45) is 0 Å². The molecule has 5 rings (SSSR count). The monoisotopic (exact) mass is 516 g/mol. The van der Waals surface area contributed by atoms with Gasteiger partial charge >= 0.3 is 0 Å². The van der Waals surface area contributed by atoms with Crippen molar-refractivity contribution in [1.82, 2.24) is 19.2 Å². The van der Waals surface area contributed by atoms with E-state index in [1.807, 2.05) is 76.1 Å². The number of hydrogen-bond donors (Lipinski definition) is 2. The minimum absolute atomic E-state index is 0.386. The number of hydrogen-bond acceptors (Lipinski definition) is 6. The van der Waals surface area contributed by atoms with Crippen LogP contribution in [0, 0.1) is 5.41 Å². The van der Waals surface area contributed by atoms with Crippen molar-refractivity contribution in [3.63, 3.8) is 0 Å². The fraction of sp³-hybridized carbons (Fsp3) is 0.321. The predicted octanol–water partition coefficient (Wildman–Crippen LogP) is 3.90. The van der Waals surface area contributed by atoms with Gasteiger partial charge in [0.1, 0.15) is 22.6 Å². The highest BCUT2D eigenvalue weighted by molar-refractivity contribution is 7.82. The highest BCUT2D eigenvalue weighted by Gasteiger charge is 2.24. The molecule has 2 aromatic heterocycles. The van der Waals surface area contributed by atoms with Gasteiger partial charge in [0.25, 0.3) is 0 Å². The first-order valence-corrected chi connectivity index (χ1v) is 13.8. The smallest absolute Gasteiger partial charge is 0.128 e. The van der Waals surface area contributed by atoms with E-state index in [9.17, 15) is 4.21 Å². The first-order chi connectivity index (χ1) is 18.2. The molecule has 1 atom stereocenters. The van der Waals surface area contributed by atoms with Crippen LogP contribution in [-0.2, 0) is 15.7 Å². The third-order valence-corrected chi connectivity index (χ3v) is 8.16. The molecule has 0 spiro atoms. The number of nitrogens with one attached hydrogen (secondary N) is 2. The zero-order chi connectivity index (χ0) is 25.5. The van der Waals surface area contributed by atoms with Crippen molar-refractivity contribution in [3.8, 4) is 0 Å². The van der Waals surface area contributed by atoms with Gasteiger partial charge in [0.15, 0.2) is 0 Å². The maximum Gasteiger partial charge on any atom is 0.128 e. The fourth-order valence-corrected chi connectivity index (χ4v) is 5.74. The second-order valence-electron chi connectivity index (χ2n) is 9.13. The summed E-state index contributed by atoms with van der Waals surface area (Å²) in [5.74, 6) is 1.32. The van der Waals surface area contributed by atoms with Crippen molar-refractivity contribution in [3.05, 3.63) is 83.8 Å². The van der Waals surface area contributed by atoms with Gasteiger partial charge in [-0.25, -0.2) is 13.5 Å². The summed E-state index contributed by atoms with van der Waals surface area (Å²) in [6.07, 6.45) is 11.3. The maximum atomic E-state index is 12.9. The molecule has 9 heteroatoms. The molecule has 2 saturated heterocycles. The molecule has 0 amide bonds. The Balaban J connectivity index is 1.23. The molecule has 2 aliphatic rings. The third-order valence-electron chi connectivity index (χ3n) is 6.65. The molecule has 0 aliphatic carbocycles. The Kier molecular flexibility index (Phi) is 8.35. The van der Waals surface area contributed by atoms with Crippen LogP contribution >= 0.6 is 0 Å². The second kappa shape index (κ2) is 12.2. The molecule has 37 heavy (non-hydrogen) atoms. The summed E-state index contributed by atoms with van der Waals surface area (Å²) in [6, 6.07) is 15.8. The summed E-state index contributed by atoms with van der Waals surface area (Å²) in [5.41, 5.74) is 2.75. The number of anilines is 1. The Labute approximate surface area is 220 Å². The van der Waals surface area contributed by atoms with E-state index in [1.165, 1.54) is 0 Å². The van der Waals surface area contributed by atoms with Crippen LogP contribution in [0.4, 0.5) is 5.82 Å². The summed E-state index contributed by atoms with van der Waals surface area (Å²) >= 11 is 0. The summed E-state index contributed by atoms with van der Waals surface area (Å²) in [4.78, 5) is 11.6. The Hall–Kier alpha value is -3.40. The summed E-state index contributed by atoms with van der Waals surface area (Å²) in [7, 11) is -1.18. The number of rotatable bonds is 7. The fourth-order valence-electron chi connectivity index (χ4n) is 4.56. The van der Waals surface area contributed by atoms with E-state index in [-0.39, 0.29) is 0 Å². The number of piperazine rings is 1. The maximum absolute atomic E-state index is 12.9. The number of pyridine rings is 2. The second-order valence-corrected chi connectivity index (χ2v) is 10.6. The number of benzene rings is 1. The van der Waals surface area contributed by atoms with Crippen LogP contribution in [0.2, 0.25) is 0 Å². The number of ether oxygens (including phenoxy) is 1. The van der Waals surface area contributed by atoms with Crippen LogP contribution < -0.4 is 5.32 Å². The molecule has 4 heterocycles. The van der Waals surface area contributed by atoms with Crippen LogP contribution in [0.1, 0.15) is 29.5 Å². The van der Waals surface area contributed by atoms with Crippen molar-refractivity contribution in [2.75, 3.05) is 44.7 Å². The highest BCUT2D eigenvalue weighted by atomic mass is 32.2. The number of aromatic nitrogens is 2. The molecule has 0 saturated carbocycles. The van der Waals surface area contributed by atoms with Gasteiger partial charge in [0.05, 0.1) is 4.90 Å². The van der Waals surface area contributed by atoms with Crippen LogP contribution in [-0.4, -0.2) is 74.7 Å². The summed E-state index contributed by atoms with van der Waals surface area (Å²) in [6.45, 7) is 4.14. The minimum Gasteiger partial charge on any atom is -0.381 e. The van der Waals surface area contributed by atoms with Gasteiger partial charge in [-0.2, -0.15) is 0 Å². The van der Waals surface area contributed by atoms with E-state index in [0.717, 1.165) is 53.5 Å². The molecular weight excluding hydrogens is 484 g/mol. The average molecular weight is 517 g/mol. The molecule has 8 nitrogen and oxygen atoms in total. The van der Waals surface area contributed by atoms with E-state index in [1.54, 1.807) is 12.4 Å². The molecule has 2 aliphatic heterocycles. The standard InChI is InChI=1S/C28H32N6O2S/c29-28(33-14-16-34(17-15-33)37(35)25-4-2-1-3-5-25)26-9-12-30-21-23(26)7-6-22-8-13-31-27(20-22)32-24-10-18-36-19-11-24/h1-9,12-13,20-21,24,29H,10-11,14-19H2,(H,31,32)/b7-6+,29-28?. The summed E-state index contributed by atoms with van der Waals surface area (Å²) in [5, 5.41) is 12.4. The Bertz CT molecular complexity index is 1250. The quantitative estimate of drug-likeness (QED) is 0.365. The van der Waals surface area contributed by atoms with E-state index >= 15 is 0 Å². The predicted molar refractivity (Wildman–Crippen MR) is 148 cm³/mol. The normalized spacial score (nSPS) is 18.1.